The topological polar surface area (TPSA) is 30.5 Å². The second kappa shape index (κ2) is 11.5. The first-order chi connectivity index (χ1) is 16.8. The van der Waals surface area contributed by atoms with E-state index in [1.165, 1.54) is 75.8 Å². The predicted octanol–water partition coefficient (Wildman–Crippen LogP) is 7.15. The summed E-state index contributed by atoms with van der Waals surface area (Å²) < 4.78 is 0. The highest BCUT2D eigenvalue weighted by Gasteiger charge is 2.11. The van der Waals surface area contributed by atoms with Crippen LogP contribution in [-0.4, -0.2) is 36.0 Å². The molecule has 0 bridgehead atoms. The second-order valence-corrected chi connectivity index (χ2v) is 9.89. The number of hydrogen-bond acceptors (Lipinski definition) is 4. The van der Waals surface area contributed by atoms with Crippen LogP contribution in [0.1, 0.15) is 49.7 Å². The number of nitrogens with zero attached hydrogens (tertiary/aromatic N) is 2. The van der Waals surface area contributed by atoms with Gasteiger partial charge in [0.25, 0.3) is 0 Å². The summed E-state index contributed by atoms with van der Waals surface area (Å²) in [4.78, 5) is 5.14. The number of benzene rings is 3. The molecule has 2 aliphatic heterocycles. The number of hydrogen-bond donors (Lipinski definition) is 2. The Labute approximate surface area is 205 Å². The summed E-state index contributed by atoms with van der Waals surface area (Å²) in [6.07, 6.45) is 8.14. The third-order valence-electron chi connectivity index (χ3n) is 7.08. The molecule has 0 atom stereocenters. The van der Waals surface area contributed by atoms with Gasteiger partial charge in [0.1, 0.15) is 0 Å². The monoisotopic (exact) mass is 454 g/mol. The maximum atomic E-state index is 3.53. The predicted molar refractivity (Wildman–Crippen MR) is 144 cm³/mol. The normalized spacial score (nSPS) is 17.4. The van der Waals surface area contributed by atoms with Crippen molar-refractivity contribution >= 4 is 22.7 Å². The van der Waals surface area contributed by atoms with Crippen molar-refractivity contribution in [1.82, 2.24) is 9.80 Å². The molecule has 0 aromatic heterocycles. The number of rotatable bonds is 8. The molecule has 178 valence electrons. The van der Waals surface area contributed by atoms with E-state index in [9.17, 15) is 0 Å². The zero-order valence-electron chi connectivity index (χ0n) is 20.3. The van der Waals surface area contributed by atoms with Crippen LogP contribution < -0.4 is 10.6 Å². The molecule has 2 N–H and O–H groups in total. The van der Waals surface area contributed by atoms with E-state index >= 15 is 0 Å². The fraction of sp³-hybridized carbons (Fsp3) is 0.400. The lowest BCUT2D eigenvalue weighted by atomic mass is 10.1. The molecule has 5 rings (SSSR count). The third-order valence-corrected chi connectivity index (χ3v) is 7.08. The van der Waals surface area contributed by atoms with Gasteiger partial charge in [-0.3, -0.25) is 9.80 Å². The molecule has 34 heavy (non-hydrogen) atoms. The Hall–Kier alpha value is -2.82. The zero-order chi connectivity index (χ0) is 23.0. The zero-order valence-corrected chi connectivity index (χ0v) is 20.3. The van der Waals surface area contributed by atoms with Crippen LogP contribution >= 0.6 is 0 Å². The van der Waals surface area contributed by atoms with E-state index < -0.39 is 0 Å². The lowest BCUT2D eigenvalue weighted by molar-refractivity contribution is 0.221. The van der Waals surface area contributed by atoms with Crippen molar-refractivity contribution < 1.29 is 0 Å². The van der Waals surface area contributed by atoms with Gasteiger partial charge >= 0.3 is 0 Å². The van der Waals surface area contributed by atoms with E-state index in [-0.39, 0.29) is 0 Å². The lowest BCUT2D eigenvalue weighted by Crippen LogP contribution is -2.29. The van der Waals surface area contributed by atoms with Gasteiger partial charge in [0.05, 0.1) is 0 Å². The molecule has 2 saturated heterocycles. The number of likely N-dealkylation sites (tertiary alicyclic amines) is 2. The first-order valence-corrected chi connectivity index (χ1v) is 13.1. The van der Waals surface area contributed by atoms with Crippen LogP contribution in [0.25, 0.3) is 0 Å². The first-order valence-electron chi connectivity index (χ1n) is 13.1. The van der Waals surface area contributed by atoms with Gasteiger partial charge in [-0.1, -0.05) is 37.1 Å². The van der Waals surface area contributed by atoms with Crippen molar-refractivity contribution in [1.29, 1.82) is 0 Å². The minimum absolute atomic E-state index is 1.07. The average molecular weight is 455 g/mol. The molecule has 2 aliphatic rings. The summed E-state index contributed by atoms with van der Waals surface area (Å²) in [5, 5.41) is 7.05. The maximum absolute atomic E-state index is 3.53. The Bertz CT molecular complexity index is 915. The molecular weight excluding hydrogens is 416 g/mol. The van der Waals surface area contributed by atoms with Crippen molar-refractivity contribution in [2.24, 2.45) is 0 Å². The average Bonchev–Trinajstić information content (AvgIpc) is 2.89. The standard InChI is InChI=1S/C30H38N4/c1-3-19-33(20-4-1)23-25-7-11-27(12-8-25)31-29-15-17-30(18-16-29)32-28-13-9-26(10-14-28)24-34-21-5-2-6-22-34/h7-18,31-32H,1-6,19-24H2. The fourth-order valence-corrected chi connectivity index (χ4v) is 5.11. The van der Waals surface area contributed by atoms with Gasteiger partial charge in [-0.15, -0.1) is 0 Å². The molecule has 0 unspecified atom stereocenters. The van der Waals surface area contributed by atoms with Gasteiger partial charge in [0.2, 0.25) is 0 Å². The Morgan fingerprint density at radius 1 is 0.412 bits per heavy atom. The van der Waals surface area contributed by atoms with E-state index in [2.05, 4.69) is 93.2 Å². The van der Waals surface area contributed by atoms with Gasteiger partial charge in [0.15, 0.2) is 0 Å². The maximum Gasteiger partial charge on any atom is 0.0385 e. The Balaban J connectivity index is 1.11. The molecule has 0 aliphatic carbocycles. The Kier molecular flexibility index (Phi) is 7.79. The Morgan fingerprint density at radius 3 is 1.03 bits per heavy atom. The van der Waals surface area contributed by atoms with E-state index in [0.29, 0.717) is 0 Å². The molecule has 0 spiro atoms. The quantitative estimate of drug-likeness (QED) is 0.378. The fourth-order valence-electron chi connectivity index (χ4n) is 5.11. The van der Waals surface area contributed by atoms with E-state index in [4.69, 9.17) is 0 Å². The molecule has 0 radical (unpaired) electrons. The summed E-state index contributed by atoms with van der Waals surface area (Å²) in [6, 6.07) is 26.3. The van der Waals surface area contributed by atoms with Gasteiger partial charge < -0.3 is 10.6 Å². The number of nitrogens with one attached hydrogen (secondary N) is 2. The van der Waals surface area contributed by atoms with Crippen LogP contribution in [0, 0.1) is 0 Å². The molecule has 2 heterocycles. The molecule has 4 nitrogen and oxygen atoms in total. The molecule has 3 aromatic rings. The van der Waals surface area contributed by atoms with Gasteiger partial charge in [-0.05, 0) is 112 Å². The summed E-state index contributed by atoms with van der Waals surface area (Å²) >= 11 is 0. The van der Waals surface area contributed by atoms with Crippen molar-refractivity contribution in [3.05, 3.63) is 83.9 Å². The van der Waals surface area contributed by atoms with Gasteiger partial charge in [-0.25, -0.2) is 0 Å². The summed E-state index contributed by atoms with van der Waals surface area (Å²) in [5.74, 6) is 0. The largest absolute Gasteiger partial charge is 0.356 e. The van der Waals surface area contributed by atoms with Crippen LogP contribution in [0.2, 0.25) is 0 Å². The third kappa shape index (κ3) is 6.62. The van der Waals surface area contributed by atoms with Crippen molar-refractivity contribution in [2.75, 3.05) is 36.8 Å². The number of piperidine rings is 2. The highest BCUT2D eigenvalue weighted by atomic mass is 15.1. The molecule has 4 heteroatoms. The van der Waals surface area contributed by atoms with Crippen molar-refractivity contribution in [2.45, 2.75) is 51.6 Å². The SMILES string of the molecule is c1cc(Nc2ccc(Nc3ccc(CN4CCCCC4)cc3)cc2)ccc1CN1CCCCC1. The van der Waals surface area contributed by atoms with E-state index in [0.717, 1.165) is 35.8 Å². The summed E-state index contributed by atoms with van der Waals surface area (Å²) in [7, 11) is 0. The second-order valence-electron chi connectivity index (χ2n) is 9.89. The highest BCUT2D eigenvalue weighted by Crippen LogP contribution is 2.23. The molecule has 2 fully saturated rings. The molecular formula is C30H38N4. The smallest absolute Gasteiger partial charge is 0.0385 e. The first kappa shape index (κ1) is 22.9. The molecule has 0 amide bonds. The van der Waals surface area contributed by atoms with Crippen LogP contribution in [-0.2, 0) is 13.1 Å². The Morgan fingerprint density at radius 2 is 0.706 bits per heavy atom. The van der Waals surface area contributed by atoms with Crippen LogP contribution in [0.15, 0.2) is 72.8 Å². The number of anilines is 4. The molecule has 3 aromatic carbocycles. The summed E-state index contributed by atoms with van der Waals surface area (Å²) in [6.45, 7) is 7.10. The van der Waals surface area contributed by atoms with Gasteiger partial charge in [-0.2, -0.15) is 0 Å². The van der Waals surface area contributed by atoms with E-state index in [1.54, 1.807) is 0 Å². The van der Waals surface area contributed by atoms with Gasteiger partial charge in [0, 0.05) is 35.8 Å². The van der Waals surface area contributed by atoms with Crippen molar-refractivity contribution in [3.63, 3.8) is 0 Å². The van der Waals surface area contributed by atoms with Crippen LogP contribution in [0.3, 0.4) is 0 Å². The lowest BCUT2D eigenvalue weighted by Gasteiger charge is -2.26. The highest BCUT2D eigenvalue weighted by molar-refractivity contribution is 5.66. The molecule has 0 saturated carbocycles. The van der Waals surface area contributed by atoms with Crippen LogP contribution in [0.4, 0.5) is 22.7 Å². The minimum Gasteiger partial charge on any atom is -0.356 e. The van der Waals surface area contributed by atoms with Crippen molar-refractivity contribution in [3.8, 4) is 0 Å². The minimum atomic E-state index is 1.07. The van der Waals surface area contributed by atoms with Crippen LogP contribution in [0.5, 0.6) is 0 Å². The summed E-state index contributed by atoms with van der Waals surface area (Å²) in [5.41, 5.74) is 7.26. The van der Waals surface area contributed by atoms with E-state index in [1.807, 2.05) is 0 Å².